The van der Waals surface area contributed by atoms with Crippen molar-refractivity contribution < 1.29 is 27.1 Å². The molecule has 0 bridgehead atoms. The van der Waals surface area contributed by atoms with Gasteiger partial charge in [-0.05, 0) is 29.7 Å². The predicted molar refractivity (Wildman–Crippen MR) is 119 cm³/mol. The lowest BCUT2D eigenvalue weighted by molar-refractivity contribution is 0.122. The number of rotatable bonds is 6. The number of nitriles is 1. The third-order valence-corrected chi connectivity index (χ3v) is 6.56. The van der Waals surface area contributed by atoms with Gasteiger partial charge in [0.05, 0.1) is 17.7 Å². The number of hydrogen-bond donors (Lipinski definition) is 1. The molecule has 1 N–H and O–H groups in total. The summed E-state index contributed by atoms with van der Waals surface area (Å²) in [6, 6.07) is 9.59. The van der Waals surface area contributed by atoms with Crippen LogP contribution in [0.2, 0.25) is 0 Å². The normalized spacial score (nSPS) is 11.8. The molecule has 178 valence electrons. The zero-order chi connectivity index (χ0) is 25.3. The summed E-state index contributed by atoms with van der Waals surface area (Å²) in [5, 5.41) is 19.0. The summed E-state index contributed by atoms with van der Waals surface area (Å²) < 4.78 is 57.8. The lowest BCUT2D eigenvalue weighted by Crippen LogP contribution is -2.36. The molecule has 0 radical (unpaired) electrons. The highest BCUT2D eigenvalue weighted by Crippen LogP contribution is 2.33. The fourth-order valence-electron chi connectivity index (χ4n) is 3.47. The van der Waals surface area contributed by atoms with E-state index in [1.54, 1.807) is 26.8 Å². The van der Waals surface area contributed by atoms with Gasteiger partial charge >= 0.3 is 6.09 Å². The van der Waals surface area contributed by atoms with Gasteiger partial charge in [-0.15, -0.1) is 0 Å². The Kier molecular flexibility index (Phi) is 6.74. The molecule has 0 aliphatic carbocycles. The maximum Gasteiger partial charge on any atom is 0.407 e. The van der Waals surface area contributed by atoms with E-state index in [4.69, 9.17) is 0 Å². The van der Waals surface area contributed by atoms with Crippen LogP contribution in [0.1, 0.15) is 31.9 Å². The van der Waals surface area contributed by atoms with E-state index in [1.807, 2.05) is 0 Å². The van der Waals surface area contributed by atoms with Crippen molar-refractivity contribution in [2.45, 2.75) is 32.2 Å². The third-order valence-electron chi connectivity index (χ3n) is 4.84. The van der Waals surface area contributed by atoms with Crippen molar-refractivity contribution in [1.82, 2.24) is 13.9 Å². The van der Waals surface area contributed by atoms with Crippen LogP contribution in [0.25, 0.3) is 11.3 Å². The summed E-state index contributed by atoms with van der Waals surface area (Å²) in [5.41, 5.74) is -2.00. The molecule has 1 amide bonds. The van der Waals surface area contributed by atoms with Gasteiger partial charge in [-0.2, -0.15) is 9.65 Å². The van der Waals surface area contributed by atoms with E-state index in [0.717, 1.165) is 23.4 Å². The Hall–Kier alpha value is -3.78. The minimum absolute atomic E-state index is 0.0353. The van der Waals surface area contributed by atoms with E-state index in [1.165, 1.54) is 30.3 Å². The number of amides is 1. The van der Waals surface area contributed by atoms with Crippen LogP contribution in [0.15, 0.2) is 53.7 Å². The second-order valence-electron chi connectivity index (χ2n) is 8.77. The van der Waals surface area contributed by atoms with Crippen molar-refractivity contribution in [2.75, 3.05) is 6.54 Å². The van der Waals surface area contributed by atoms with E-state index in [-0.39, 0.29) is 17.7 Å². The SMILES string of the molecule is CC(C)(C)CN(Cc1cn(S(=O)(=O)c2ccccc2C#N)c(-c2cccnc2F)c1F)C(=O)O. The van der Waals surface area contributed by atoms with Crippen LogP contribution in [0.4, 0.5) is 13.6 Å². The molecule has 1 aromatic carbocycles. The fraction of sp³-hybridized carbons (Fsp3) is 0.261. The van der Waals surface area contributed by atoms with Gasteiger partial charge in [-0.3, -0.25) is 0 Å². The molecule has 2 aromatic heterocycles. The van der Waals surface area contributed by atoms with Crippen LogP contribution in [0.3, 0.4) is 0 Å². The van der Waals surface area contributed by atoms with Crippen LogP contribution >= 0.6 is 0 Å². The largest absolute Gasteiger partial charge is 0.465 e. The molecule has 0 aliphatic heterocycles. The molecule has 3 aromatic rings. The van der Waals surface area contributed by atoms with Crippen LogP contribution in [-0.2, 0) is 16.6 Å². The van der Waals surface area contributed by atoms with Crippen molar-refractivity contribution in [2.24, 2.45) is 5.41 Å². The number of halogens is 2. The first-order valence-electron chi connectivity index (χ1n) is 10.1. The van der Waals surface area contributed by atoms with Crippen molar-refractivity contribution in [3.63, 3.8) is 0 Å². The highest BCUT2D eigenvalue weighted by molar-refractivity contribution is 7.90. The maximum absolute atomic E-state index is 15.7. The summed E-state index contributed by atoms with van der Waals surface area (Å²) in [5.74, 6) is -2.22. The molecule has 0 unspecified atom stereocenters. The molecule has 11 heteroatoms. The minimum Gasteiger partial charge on any atom is -0.465 e. The zero-order valence-corrected chi connectivity index (χ0v) is 19.5. The van der Waals surface area contributed by atoms with Gasteiger partial charge in [-0.1, -0.05) is 32.9 Å². The summed E-state index contributed by atoms with van der Waals surface area (Å²) in [6.45, 7) is 4.95. The molecule has 0 aliphatic rings. The van der Waals surface area contributed by atoms with Crippen molar-refractivity contribution in [3.8, 4) is 17.3 Å². The highest BCUT2D eigenvalue weighted by Gasteiger charge is 2.31. The van der Waals surface area contributed by atoms with E-state index >= 15 is 4.39 Å². The number of carboxylic acid groups (broad SMARTS) is 1. The predicted octanol–water partition coefficient (Wildman–Crippen LogP) is 4.46. The molecule has 0 atom stereocenters. The topological polar surface area (TPSA) is 116 Å². The standard InChI is InChI=1S/C23H22F2N4O4S/c1-23(2,3)14-28(22(30)31)12-16-13-29(20(19(16)24)17-8-6-10-27-21(17)25)34(32,33)18-9-5-4-7-15(18)11-26/h4-10,13H,12,14H2,1-3H3,(H,30,31). The second-order valence-corrected chi connectivity index (χ2v) is 10.6. The Balaban J connectivity index is 2.27. The zero-order valence-electron chi connectivity index (χ0n) is 18.7. The average molecular weight is 489 g/mol. The third kappa shape index (κ3) is 4.92. The molecule has 0 saturated carbocycles. The number of pyridine rings is 1. The summed E-state index contributed by atoms with van der Waals surface area (Å²) in [4.78, 5) is 15.8. The average Bonchev–Trinajstić information content (AvgIpc) is 3.09. The molecule has 0 saturated heterocycles. The van der Waals surface area contributed by atoms with Crippen molar-refractivity contribution in [3.05, 3.63) is 71.7 Å². The summed E-state index contributed by atoms with van der Waals surface area (Å²) >= 11 is 0. The van der Waals surface area contributed by atoms with Crippen LogP contribution in [0.5, 0.6) is 0 Å². The Morgan fingerprint density at radius 3 is 2.47 bits per heavy atom. The molecule has 34 heavy (non-hydrogen) atoms. The van der Waals surface area contributed by atoms with Crippen molar-refractivity contribution in [1.29, 1.82) is 5.26 Å². The fourth-order valence-corrected chi connectivity index (χ4v) is 5.01. The lowest BCUT2D eigenvalue weighted by Gasteiger charge is -2.27. The molecular formula is C23H22F2N4O4S. The molecule has 8 nitrogen and oxygen atoms in total. The quantitative estimate of drug-likeness (QED) is 0.512. The van der Waals surface area contributed by atoms with E-state index in [9.17, 15) is 28.0 Å². The van der Waals surface area contributed by atoms with Gasteiger partial charge in [0.25, 0.3) is 10.0 Å². The van der Waals surface area contributed by atoms with Gasteiger partial charge in [0.1, 0.15) is 16.7 Å². The van der Waals surface area contributed by atoms with E-state index in [2.05, 4.69) is 4.98 Å². The van der Waals surface area contributed by atoms with Crippen LogP contribution < -0.4 is 0 Å². The second kappa shape index (κ2) is 9.23. The van der Waals surface area contributed by atoms with Crippen LogP contribution in [-0.4, -0.2) is 40.0 Å². The van der Waals surface area contributed by atoms with Gasteiger partial charge in [0, 0.05) is 24.5 Å². The Labute approximate surface area is 195 Å². The monoisotopic (exact) mass is 488 g/mol. The van der Waals surface area contributed by atoms with Gasteiger partial charge in [-0.25, -0.2) is 26.6 Å². The molecule has 0 fully saturated rings. The number of aromatic nitrogens is 2. The maximum atomic E-state index is 15.7. The highest BCUT2D eigenvalue weighted by atomic mass is 32.2. The number of nitrogens with zero attached hydrogens (tertiary/aromatic N) is 4. The van der Waals surface area contributed by atoms with E-state index in [0.29, 0.717) is 3.97 Å². The first-order chi connectivity index (χ1) is 15.9. The number of carbonyl (C=O) groups is 1. The number of hydrogen-bond acceptors (Lipinski definition) is 5. The van der Waals surface area contributed by atoms with Gasteiger partial charge < -0.3 is 10.0 Å². The number of benzene rings is 1. The molecular weight excluding hydrogens is 466 g/mol. The van der Waals surface area contributed by atoms with Gasteiger partial charge in [0.15, 0.2) is 5.82 Å². The smallest absolute Gasteiger partial charge is 0.407 e. The Morgan fingerprint density at radius 2 is 1.88 bits per heavy atom. The van der Waals surface area contributed by atoms with Crippen LogP contribution in [0, 0.1) is 28.5 Å². The Bertz CT molecular complexity index is 1390. The first-order valence-corrected chi connectivity index (χ1v) is 11.5. The summed E-state index contributed by atoms with van der Waals surface area (Å²) in [6.07, 6.45) is 0.716. The van der Waals surface area contributed by atoms with Gasteiger partial charge in [0.2, 0.25) is 5.95 Å². The lowest BCUT2D eigenvalue weighted by atomic mass is 9.96. The first kappa shape index (κ1) is 24.9. The van der Waals surface area contributed by atoms with E-state index < -0.39 is 56.0 Å². The minimum atomic E-state index is -4.58. The summed E-state index contributed by atoms with van der Waals surface area (Å²) in [7, 11) is -4.58. The molecule has 0 spiro atoms. The Morgan fingerprint density at radius 1 is 1.21 bits per heavy atom. The molecule has 2 heterocycles. The molecule has 3 rings (SSSR count). The van der Waals surface area contributed by atoms with Crippen molar-refractivity contribution >= 4 is 16.1 Å².